The average molecular weight is 232 g/mol. The van der Waals surface area contributed by atoms with Crippen molar-refractivity contribution in [3.63, 3.8) is 0 Å². The van der Waals surface area contributed by atoms with Crippen LogP contribution in [0.25, 0.3) is 0 Å². The SMILES string of the molecule is CCc1nc(C#N)cc(NC2(C(C)O)CC2)n1. The van der Waals surface area contributed by atoms with Crippen LogP contribution in [-0.2, 0) is 6.42 Å². The first-order valence-corrected chi connectivity index (χ1v) is 5.84. The van der Waals surface area contributed by atoms with Crippen molar-refractivity contribution in [2.24, 2.45) is 0 Å². The topological polar surface area (TPSA) is 81.8 Å². The smallest absolute Gasteiger partial charge is 0.146 e. The molecule has 17 heavy (non-hydrogen) atoms. The van der Waals surface area contributed by atoms with Crippen molar-refractivity contribution in [3.8, 4) is 6.07 Å². The number of hydrogen-bond donors (Lipinski definition) is 2. The molecule has 0 saturated heterocycles. The molecule has 5 heteroatoms. The number of nitriles is 1. The molecule has 0 aliphatic heterocycles. The van der Waals surface area contributed by atoms with E-state index in [1.54, 1.807) is 13.0 Å². The van der Waals surface area contributed by atoms with Gasteiger partial charge in [0.1, 0.15) is 23.4 Å². The summed E-state index contributed by atoms with van der Waals surface area (Å²) in [4.78, 5) is 8.41. The zero-order chi connectivity index (χ0) is 12.5. The van der Waals surface area contributed by atoms with Crippen LogP contribution in [0.5, 0.6) is 0 Å². The Morgan fingerprint density at radius 3 is 2.76 bits per heavy atom. The monoisotopic (exact) mass is 232 g/mol. The van der Waals surface area contributed by atoms with E-state index in [0.29, 0.717) is 23.8 Å². The predicted molar refractivity (Wildman–Crippen MR) is 63.4 cm³/mol. The van der Waals surface area contributed by atoms with Gasteiger partial charge in [-0.3, -0.25) is 0 Å². The first-order chi connectivity index (χ1) is 8.09. The summed E-state index contributed by atoms with van der Waals surface area (Å²) in [5.74, 6) is 1.28. The van der Waals surface area contributed by atoms with Gasteiger partial charge in [-0.25, -0.2) is 9.97 Å². The third kappa shape index (κ3) is 2.37. The van der Waals surface area contributed by atoms with Gasteiger partial charge in [-0.15, -0.1) is 0 Å². The molecule has 0 spiro atoms. The Balaban J connectivity index is 2.24. The summed E-state index contributed by atoms with van der Waals surface area (Å²) in [6.45, 7) is 3.72. The average Bonchev–Trinajstić information content (AvgIpc) is 3.09. The zero-order valence-corrected chi connectivity index (χ0v) is 10.1. The summed E-state index contributed by atoms with van der Waals surface area (Å²) in [6.07, 6.45) is 2.12. The van der Waals surface area contributed by atoms with Gasteiger partial charge in [-0.1, -0.05) is 6.92 Å². The summed E-state index contributed by atoms with van der Waals surface area (Å²) >= 11 is 0. The molecule has 1 aromatic rings. The molecule has 0 aromatic carbocycles. The Bertz CT molecular complexity index is 460. The van der Waals surface area contributed by atoms with Crippen LogP contribution < -0.4 is 5.32 Å². The molecule has 2 rings (SSSR count). The van der Waals surface area contributed by atoms with Crippen molar-refractivity contribution in [1.29, 1.82) is 5.26 Å². The van der Waals surface area contributed by atoms with Crippen molar-refractivity contribution in [3.05, 3.63) is 17.6 Å². The van der Waals surface area contributed by atoms with Crippen molar-refractivity contribution >= 4 is 5.82 Å². The summed E-state index contributed by atoms with van der Waals surface area (Å²) in [7, 11) is 0. The predicted octanol–water partition coefficient (Wildman–Crippen LogP) is 1.24. The minimum Gasteiger partial charge on any atom is -0.391 e. The Hall–Kier alpha value is -1.67. The Morgan fingerprint density at radius 2 is 2.29 bits per heavy atom. The standard InChI is InChI=1S/C12H16N4O/c1-3-10-14-9(7-13)6-11(15-10)16-12(4-5-12)8(2)17/h6,8,17H,3-5H2,1-2H3,(H,14,15,16). The molecule has 5 nitrogen and oxygen atoms in total. The van der Waals surface area contributed by atoms with Gasteiger partial charge in [0.25, 0.3) is 0 Å². The molecule has 0 amide bonds. The van der Waals surface area contributed by atoms with Crippen LogP contribution in [0.3, 0.4) is 0 Å². The van der Waals surface area contributed by atoms with Crippen molar-refractivity contribution in [2.75, 3.05) is 5.32 Å². The minimum atomic E-state index is -0.423. The van der Waals surface area contributed by atoms with Crippen LogP contribution in [0.4, 0.5) is 5.82 Å². The van der Waals surface area contributed by atoms with E-state index < -0.39 is 6.10 Å². The van der Waals surface area contributed by atoms with E-state index in [-0.39, 0.29) is 5.54 Å². The third-order valence-electron chi connectivity index (χ3n) is 3.17. The molecule has 2 N–H and O–H groups in total. The highest BCUT2D eigenvalue weighted by Crippen LogP contribution is 2.41. The van der Waals surface area contributed by atoms with E-state index in [0.717, 1.165) is 12.8 Å². The second-order valence-electron chi connectivity index (χ2n) is 4.48. The zero-order valence-electron chi connectivity index (χ0n) is 10.1. The normalized spacial score (nSPS) is 18.2. The lowest BCUT2D eigenvalue weighted by molar-refractivity contribution is 0.162. The molecule has 1 aliphatic carbocycles. The Kier molecular flexibility index (Phi) is 2.99. The van der Waals surface area contributed by atoms with Gasteiger partial charge in [0.2, 0.25) is 0 Å². The van der Waals surface area contributed by atoms with Crippen molar-refractivity contribution in [2.45, 2.75) is 44.8 Å². The lowest BCUT2D eigenvalue weighted by Gasteiger charge is -2.21. The third-order valence-corrected chi connectivity index (χ3v) is 3.17. The van der Waals surface area contributed by atoms with Gasteiger partial charge in [0.15, 0.2) is 0 Å². The highest BCUT2D eigenvalue weighted by atomic mass is 16.3. The van der Waals surface area contributed by atoms with E-state index in [4.69, 9.17) is 5.26 Å². The highest BCUT2D eigenvalue weighted by Gasteiger charge is 2.47. The molecular formula is C12H16N4O. The van der Waals surface area contributed by atoms with Gasteiger partial charge in [-0.05, 0) is 19.8 Å². The second kappa shape index (κ2) is 4.30. The summed E-state index contributed by atoms with van der Waals surface area (Å²) < 4.78 is 0. The number of anilines is 1. The van der Waals surface area contributed by atoms with E-state index in [1.165, 1.54) is 0 Å². The van der Waals surface area contributed by atoms with Crippen LogP contribution >= 0.6 is 0 Å². The molecule has 1 aliphatic rings. The molecule has 1 fully saturated rings. The Morgan fingerprint density at radius 1 is 1.59 bits per heavy atom. The molecular weight excluding hydrogens is 216 g/mol. The number of aryl methyl sites for hydroxylation is 1. The quantitative estimate of drug-likeness (QED) is 0.816. The van der Waals surface area contributed by atoms with Gasteiger partial charge < -0.3 is 10.4 Å². The molecule has 0 bridgehead atoms. The van der Waals surface area contributed by atoms with Crippen molar-refractivity contribution in [1.82, 2.24) is 9.97 Å². The van der Waals surface area contributed by atoms with Crippen LogP contribution in [0.2, 0.25) is 0 Å². The van der Waals surface area contributed by atoms with Crippen LogP contribution in [0, 0.1) is 11.3 Å². The lowest BCUT2D eigenvalue weighted by atomic mass is 10.1. The second-order valence-corrected chi connectivity index (χ2v) is 4.48. The number of nitrogens with zero attached hydrogens (tertiary/aromatic N) is 3. The molecule has 90 valence electrons. The van der Waals surface area contributed by atoms with Crippen LogP contribution in [0.1, 0.15) is 38.2 Å². The van der Waals surface area contributed by atoms with Gasteiger partial charge in [0, 0.05) is 12.5 Å². The number of aliphatic hydroxyl groups excluding tert-OH is 1. The van der Waals surface area contributed by atoms with Crippen molar-refractivity contribution < 1.29 is 5.11 Å². The van der Waals surface area contributed by atoms with Crippen LogP contribution in [0.15, 0.2) is 6.07 Å². The molecule has 1 unspecified atom stereocenters. The molecule has 1 aromatic heterocycles. The van der Waals surface area contributed by atoms with Gasteiger partial charge in [-0.2, -0.15) is 5.26 Å². The molecule has 0 radical (unpaired) electrons. The fourth-order valence-corrected chi connectivity index (χ4v) is 1.81. The van der Waals surface area contributed by atoms with Gasteiger partial charge >= 0.3 is 0 Å². The van der Waals surface area contributed by atoms with Gasteiger partial charge in [0.05, 0.1) is 11.6 Å². The Labute approximate surface area is 101 Å². The lowest BCUT2D eigenvalue weighted by Crippen LogP contribution is -2.34. The number of aromatic nitrogens is 2. The summed E-state index contributed by atoms with van der Waals surface area (Å²) in [5, 5.41) is 21.8. The maximum Gasteiger partial charge on any atom is 0.146 e. The molecule has 1 heterocycles. The first kappa shape index (κ1) is 11.8. The fourth-order valence-electron chi connectivity index (χ4n) is 1.81. The molecule has 1 atom stereocenters. The fraction of sp³-hybridized carbons (Fsp3) is 0.583. The maximum absolute atomic E-state index is 9.69. The number of rotatable bonds is 4. The summed E-state index contributed by atoms with van der Waals surface area (Å²) in [5.41, 5.74) is 0.104. The molecule has 1 saturated carbocycles. The van der Waals surface area contributed by atoms with E-state index in [2.05, 4.69) is 15.3 Å². The highest BCUT2D eigenvalue weighted by molar-refractivity contribution is 5.45. The largest absolute Gasteiger partial charge is 0.391 e. The van der Waals surface area contributed by atoms with Crippen LogP contribution in [-0.4, -0.2) is 26.7 Å². The number of hydrogen-bond acceptors (Lipinski definition) is 5. The van der Waals surface area contributed by atoms with E-state index in [9.17, 15) is 5.11 Å². The number of aliphatic hydroxyl groups is 1. The van der Waals surface area contributed by atoms with E-state index >= 15 is 0 Å². The first-order valence-electron chi connectivity index (χ1n) is 5.84. The minimum absolute atomic E-state index is 0.258. The van der Waals surface area contributed by atoms with E-state index in [1.807, 2.05) is 13.0 Å². The maximum atomic E-state index is 9.69. The summed E-state index contributed by atoms with van der Waals surface area (Å²) in [6, 6.07) is 3.65. The number of nitrogens with one attached hydrogen (secondary N) is 1.